The van der Waals surface area contributed by atoms with Gasteiger partial charge in [0.25, 0.3) is 0 Å². The Bertz CT molecular complexity index is 381. The van der Waals surface area contributed by atoms with Crippen LogP contribution in [0, 0.1) is 5.82 Å². The molecular weight excluding hydrogens is 211 g/mol. The minimum absolute atomic E-state index is 0.151. The predicted octanol–water partition coefficient (Wildman–Crippen LogP) is 2.21. The summed E-state index contributed by atoms with van der Waals surface area (Å²) >= 11 is 4.98. The highest BCUT2D eigenvalue weighted by molar-refractivity contribution is 7.80. The number of thiocarbonyl (C=S) groups is 1. The Morgan fingerprint density at radius 1 is 1.53 bits per heavy atom. The van der Waals surface area contributed by atoms with Crippen molar-refractivity contribution in [3.05, 3.63) is 35.6 Å². The molecule has 1 aliphatic heterocycles. The molecule has 0 unspecified atom stereocenters. The Labute approximate surface area is 93.9 Å². The zero-order chi connectivity index (χ0) is 10.8. The van der Waals surface area contributed by atoms with E-state index in [-0.39, 0.29) is 11.9 Å². The molecule has 2 rings (SSSR count). The molecule has 2 nitrogen and oxygen atoms in total. The fourth-order valence-electron chi connectivity index (χ4n) is 2.09. The van der Waals surface area contributed by atoms with E-state index in [1.807, 2.05) is 11.0 Å². The first-order chi connectivity index (χ1) is 7.18. The van der Waals surface area contributed by atoms with Crippen molar-refractivity contribution < 1.29 is 4.39 Å². The van der Waals surface area contributed by atoms with Crippen molar-refractivity contribution in [3.8, 4) is 0 Å². The van der Waals surface area contributed by atoms with E-state index in [2.05, 4.69) is 0 Å². The first-order valence-electron chi connectivity index (χ1n) is 5.00. The lowest BCUT2D eigenvalue weighted by molar-refractivity contribution is 0.402. The van der Waals surface area contributed by atoms with Crippen molar-refractivity contribution in [2.45, 2.75) is 18.9 Å². The van der Waals surface area contributed by atoms with Crippen LogP contribution in [-0.4, -0.2) is 16.6 Å². The molecule has 0 aliphatic carbocycles. The summed E-state index contributed by atoms with van der Waals surface area (Å²) in [4.78, 5) is 1.96. The third kappa shape index (κ3) is 2.09. The number of nitrogens with two attached hydrogens (primary N) is 1. The summed E-state index contributed by atoms with van der Waals surface area (Å²) in [6, 6.07) is 6.80. The zero-order valence-corrected chi connectivity index (χ0v) is 9.14. The molecule has 1 heterocycles. The maximum absolute atomic E-state index is 13.1. The van der Waals surface area contributed by atoms with Crippen LogP contribution in [0.4, 0.5) is 4.39 Å². The Hall–Kier alpha value is -1.16. The maximum Gasteiger partial charge on any atom is 0.166 e. The van der Waals surface area contributed by atoms with Crippen LogP contribution in [0.2, 0.25) is 0 Å². The molecule has 15 heavy (non-hydrogen) atoms. The van der Waals surface area contributed by atoms with E-state index in [4.69, 9.17) is 18.0 Å². The Balaban J connectivity index is 2.26. The highest BCUT2D eigenvalue weighted by Gasteiger charge is 2.26. The van der Waals surface area contributed by atoms with Gasteiger partial charge in [0.2, 0.25) is 0 Å². The number of hydrogen-bond donors (Lipinski definition) is 1. The van der Waals surface area contributed by atoms with Gasteiger partial charge in [0.05, 0.1) is 6.04 Å². The first kappa shape index (κ1) is 10.4. The van der Waals surface area contributed by atoms with Gasteiger partial charge in [-0.2, -0.15) is 0 Å². The van der Waals surface area contributed by atoms with Crippen LogP contribution in [0.15, 0.2) is 24.3 Å². The van der Waals surface area contributed by atoms with Crippen LogP contribution in [0.5, 0.6) is 0 Å². The summed E-state index contributed by atoms with van der Waals surface area (Å²) in [6.07, 6.45) is 2.04. The molecule has 4 heteroatoms. The van der Waals surface area contributed by atoms with Gasteiger partial charge in [0.15, 0.2) is 5.11 Å². The molecule has 0 spiro atoms. The maximum atomic E-state index is 13.1. The minimum Gasteiger partial charge on any atom is -0.376 e. The number of halogens is 1. The van der Waals surface area contributed by atoms with Crippen LogP contribution >= 0.6 is 12.2 Å². The van der Waals surface area contributed by atoms with Crippen molar-refractivity contribution in [3.63, 3.8) is 0 Å². The lowest BCUT2D eigenvalue weighted by atomic mass is 10.0. The normalized spacial score (nSPS) is 20.6. The summed E-state index contributed by atoms with van der Waals surface area (Å²) in [5.74, 6) is -0.206. The van der Waals surface area contributed by atoms with Gasteiger partial charge in [-0.25, -0.2) is 4.39 Å². The van der Waals surface area contributed by atoms with Gasteiger partial charge in [0.1, 0.15) is 5.82 Å². The van der Waals surface area contributed by atoms with E-state index < -0.39 is 0 Å². The van der Waals surface area contributed by atoms with E-state index in [0.717, 1.165) is 24.9 Å². The number of nitrogens with zero attached hydrogens (tertiary/aromatic N) is 1. The van der Waals surface area contributed by atoms with Crippen molar-refractivity contribution in [1.29, 1.82) is 0 Å². The lowest BCUT2D eigenvalue weighted by Crippen LogP contribution is -2.34. The molecule has 0 bridgehead atoms. The molecule has 0 saturated carbocycles. The second-order valence-electron chi connectivity index (χ2n) is 3.74. The third-order valence-electron chi connectivity index (χ3n) is 2.77. The van der Waals surface area contributed by atoms with Crippen LogP contribution in [0.25, 0.3) is 0 Å². The zero-order valence-electron chi connectivity index (χ0n) is 8.32. The highest BCUT2D eigenvalue weighted by Crippen LogP contribution is 2.31. The summed E-state index contributed by atoms with van der Waals surface area (Å²) in [5, 5.41) is 0.404. The standard InChI is InChI=1S/C11H13FN2S/c12-9-4-1-3-8(7-9)10-5-2-6-14(10)11(13)15/h1,3-4,7,10H,2,5-6H2,(H2,13,15)/t10-/m0/s1. The SMILES string of the molecule is NC(=S)N1CCC[C@H]1c1cccc(F)c1. The van der Waals surface area contributed by atoms with Crippen molar-refractivity contribution in [2.75, 3.05) is 6.54 Å². The number of rotatable bonds is 1. The highest BCUT2D eigenvalue weighted by atomic mass is 32.1. The fraction of sp³-hybridized carbons (Fsp3) is 0.364. The number of benzene rings is 1. The summed E-state index contributed by atoms with van der Waals surface area (Å²) in [7, 11) is 0. The van der Waals surface area contributed by atoms with Gasteiger partial charge in [-0.05, 0) is 42.8 Å². The van der Waals surface area contributed by atoms with E-state index in [0.29, 0.717) is 5.11 Å². The molecule has 1 fully saturated rings. The third-order valence-corrected chi connectivity index (χ3v) is 3.00. The van der Waals surface area contributed by atoms with Gasteiger partial charge >= 0.3 is 0 Å². The second-order valence-corrected chi connectivity index (χ2v) is 4.16. The van der Waals surface area contributed by atoms with Crippen LogP contribution in [0.1, 0.15) is 24.4 Å². The van der Waals surface area contributed by atoms with Crippen LogP contribution in [0.3, 0.4) is 0 Å². The predicted molar refractivity (Wildman–Crippen MR) is 61.9 cm³/mol. The molecule has 1 saturated heterocycles. The smallest absolute Gasteiger partial charge is 0.166 e. The van der Waals surface area contributed by atoms with Gasteiger partial charge in [-0.15, -0.1) is 0 Å². The molecule has 1 aliphatic rings. The van der Waals surface area contributed by atoms with Crippen LogP contribution in [-0.2, 0) is 0 Å². The number of likely N-dealkylation sites (tertiary alicyclic amines) is 1. The van der Waals surface area contributed by atoms with Crippen molar-refractivity contribution >= 4 is 17.3 Å². The summed E-state index contributed by atoms with van der Waals surface area (Å²) in [6.45, 7) is 0.872. The Morgan fingerprint density at radius 3 is 3.00 bits per heavy atom. The Kier molecular flexibility index (Phi) is 2.86. The topological polar surface area (TPSA) is 29.3 Å². The average Bonchev–Trinajstić information content (AvgIpc) is 2.65. The quantitative estimate of drug-likeness (QED) is 0.742. The summed E-state index contributed by atoms with van der Waals surface area (Å²) < 4.78 is 13.1. The first-order valence-corrected chi connectivity index (χ1v) is 5.41. The summed E-state index contributed by atoms with van der Waals surface area (Å²) in [5.41, 5.74) is 6.59. The van der Waals surface area contributed by atoms with E-state index in [9.17, 15) is 4.39 Å². The van der Waals surface area contributed by atoms with Crippen molar-refractivity contribution in [1.82, 2.24) is 4.90 Å². The average molecular weight is 224 g/mol. The van der Waals surface area contributed by atoms with Gasteiger partial charge < -0.3 is 10.6 Å². The fourth-order valence-corrected chi connectivity index (χ4v) is 2.31. The van der Waals surface area contributed by atoms with Gasteiger partial charge in [0, 0.05) is 6.54 Å². The molecule has 2 N–H and O–H groups in total. The molecule has 1 atom stereocenters. The lowest BCUT2D eigenvalue weighted by Gasteiger charge is -2.25. The number of hydrogen-bond acceptors (Lipinski definition) is 1. The van der Waals surface area contributed by atoms with Crippen LogP contribution < -0.4 is 5.73 Å². The van der Waals surface area contributed by atoms with Gasteiger partial charge in [-0.3, -0.25) is 0 Å². The second kappa shape index (κ2) is 4.14. The monoisotopic (exact) mass is 224 g/mol. The molecule has 0 amide bonds. The van der Waals surface area contributed by atoms with E-state index >= 15 is 0 Å². The molecule has 1 aromatic rings. The molecule has 80 valence electrons. The van der Waals surface area contributed by atoms with Gasteiger partial charge in [-0.1, -0.05) is 12.1 Å². The molecular formula is C11H13FN2S. The Morgan fingerprint density at radius 2 is 2.33 bits per heavy atom. The van der Waals surface area contributed by atoms with Crippen molar-refractivity contribution in [2.24, 2.45) is 5.73 Å². The molecule has 0 radical (unpaired) electrons. The minimum atomic E-state index is -0.206. The largest absolute Gasteiger partial charge is 0.376 e. The van der Waals surface area contributed by atoms with E-state index in [1.54, 1.807) is 12.1 Å². The molecule has 1 aromatic carbocycles. The molecule has 0 aromatic heterocycles. The van der Waals surface area contributed by atoms with E-state index in [1.165, 1.54) is 6.07 Å².